The first kappa shape index (κ1) is 30.9. The van der Waals surface area contributed by atoms with Crippen molar-refractivity contribution >= 4 is 29.3 Å². The van der Waals surface area contributed by atoms with Crippen LogP contribution >= 0.6 is 0 Å². The number of dihydropyridines is 1. The highest BCUT2D eigenvalue weighted by molar-refractivity contribution is 5.99. The summed E-state index contributed by atoms with van der Waals surface area (Å²) >= 11 is 0. The lowest BCUT2D eigenvalue weighted by Gasteiger charge is -2.36. The third kappa shape index (κ3) is 7.64. The Kier molecular flexibility index (Phi) is 10.2. The predicted molar refractivity (Wildman–Crippen MR) is 164 cm³/mol. The minimum Gasteiger partial charge on any atom is -0.497 e. The van der Waals surface area contributed by atoms with Crippen LogP contribution in [0.25, 0.3) is 0 Å². The molecule has 2 heterocycles. The third-order valence-corrected chi connectivity index (χ3v) is 7.57. The summed E-state index contributed by atoms with van der Waals surface area (Å²) in [7, 11) is 1.67. The molecule has 2 aliphatic heterocycles. The topological polar surface area (TPSA) is 163 Å². The SMILES string of the molecule is COc1cccc(N2CCN(CCCN=C(NC#N)Nc3cccc(C4C(C(=O)O)=C(C)NC(C)=C4C(=O)O)c3)CC2)c1. The average Bonchev–Trinajstić information content (AvgIpc) is 2.99. The summed E-state index contributed by atoms with van der Waals surface area (Å²) in [6.45, 7) is 8.29. The molecule has 1 saturated heterocycles. The quantitative estimate of drug-likeness (QED) is 0.0912. The van der Waals surface area contributed by atoms with Crippen LogP contribution < -0.4 is 25.6 Å². The highest BCUT2D eigenvalue weighted by atomic mass is 16.5. The van der Waals surface area contributed by atoms with Gasteiger partial charge in [-0.3, -0.25) is 15.2 Å². The highest BCUT2D eigenvalue weighted by Crippen LogP contribution is 2.39. The lowest BCUT2D eigenvalue weighted by atomic mass is 9.80. The van der Waals surface area contributed by atoms with Gasteiger partial charge >= 0.3 is 11.9 Å². The van der Waals surface area contributed by atoms with Gasteiger partial charge in [-0.1, -0.05) is 18.2 Å². The maximum Gasteiger partial charge on any atom is 0.334 e. The third-order valence-electron chi connectivity index (χ3n) is 7.57. The number of carboxylic acids is 2. The van der Waals surface area contributed by atoms with Gasteiger partial charge in [0.15, 0.2) is 6.19 Å². The largest absolute Gasteiger partial charge is 0.497 e. The molecule has 2 aliphatic rings. The lowest BCUT2D eigenvalue weighted by molar-refractivity contribution is -0.133. The Morgan fingerprint density at radius 1 is 1.05 bits per heavy atom. The first-order valence-corrected chi connectivity index (χ1v) is 14.0. The van der Waals surface area contributed by atoms with E-state index in [1.807, 2.05) is 18.3 Å². The number of rotatable bonds is 10. The standard InChI is InChI=1S/C31H37N7O5/c1-20-26(29(39)40)28(27(30(41)42)21(2)35-20)22-7-4-8-23(17-22)36-31(34-19-32)33-11-6-12-37-13-15-38(16-14-37)24-9-5-10-25(18-24)43-3/h4-5,7-10,17-18,28,35H,6,11-16H2,1-3H3,(H,39,40)(H,41,42)(H2,33,34,36). The van der Waals surface area contributed by atoms with E-state index in [1.165, 1.54) is 0 Å². The molecule has 0 aliphatic carbocycles. The summed E-state index contributed by atoms with van der Waals surface area (Å²) in [4.78, 5) is 33.5. The van der Waals surface area contributed by atoms with E-state index in [0.717, 1.165) is 50.6 Å². The maximum absolute atomic E-state index is 12.1. The first-order valence-electron chi connectivity index (χ1n) is 14.0. The van der Waals surface area contributed by atoms with Gasteiger partial charge in [-0.15, -0.1) is 0 Å². The molecule has 0 aromatic heterocycles. The van der Waals surface area contributed by atoms with Crippen molar-refractivity contribution in [2.24, 2.45) is 4.99 Å². The molecule has 4 rings (SSSR count). The van der Waals surface area contributed by atoms with Crippen LogP contribution in [-0.2, 0) is 9.59 Å². The number of guanidine groups is 1. The van der Waals surface area contributed by atoms with Gasteiger partial charge in [0.25, 0.3) is 0 Å². The van der Waals surface area contributed by atoms with Gasteiger partial charge in [-0.2, -0.15) is 5.26 Å². The molecule has 2 aromatic carbocycles. The van der Waals surface area contributed by atoms with E-state index in [2.05, 4.69) is 42.9 Å². The van der Waals surface area contributed by atoms with E-state index in [-0.39, 0.29) is 17.1 Å². The van der Waals surface area contributed by atoms with Gasteiger partial charge in [0.1, 0.15) is 5.75 Å². The molecule has 0 saturated carbocycles. The maximum atomic E-state index is 12.1. The Hall–Kier alpha value is -5.02. The number of benzene rings is 2. The Morgan fingerprint density at radius 3 is 2.35 bits per heavy atom. The lowest BCUT2D eigenvalue weighted by Crippen LogP contribution is -2.46. The number of nitriles is 1. The van der Waals surface area contributed by atoms with E-state index < -0.39 is 17.9 Å². The van der Waals surface area contributed by atoms with Gasteiger partial charge in [-0.25, -0.2) is 9.59 Å². The number of anilines is 2. The summed E-state index contributed by atoms with van der Waals surface area (Å²) in [5.41, 5.74) is 2.88. The molecular weight excluding hydrogens is 550 g/mol. The molecule has 0 atom stereocenters. The zero-order valence-corrected chi connectivity index (χ0v) is 24.6. The number of carboxylic acid groups (broad SMARTS) is 2. The number of aliphatic carboxylic acids is 2. The average molecular weight is 588 g/mol. The molecule has 0 radical (unpaired) electrons. The number of methoxy groups -OCH3 is 1. The molecule has 0 bridgehead atoms. The fraction of sp³-hybridized carbons (Fsp3) is 0.355. The van der Waals surface area contributed by atoms with Gasteiger partial charge < -0.3 is 30.5 Å². The van der Waals surface area contributed by atoms with Crippen LogP contribution in [0.4, 0.5) is 11.4 Å². The zero-order chi connectivity index (χ0) is 30.9. The Balaban J connectivity index is 1.38. The van der Waals surface area contributed by atoms with Crippen LogP contribution in [0, 0.1) is 11.5 Å². The Labute approximate surface area is 251 Å². The van der Waals surface area contributed by atoms with Crippen LogP contribution in [0.15, 0.2) is 76.1 Å². The molecule has 2 aromatic rings. The van der Waals surface area contributed by atoms with Crippen LogP contribution in [0.5, 0.6) is 5.75 Å². The first-order chi connectivity index (χ1) is 20.7. The van der Waals surface area contributed by atoms with Gasteiger partial charge in [0, 0.05) is 68.1 Å². The predicted octanol–water partition coefficient (Wildman–Crippen LogP) is 3.15. The summed E-state index contributed by atoms with van der Waals surface area (Å²) in [5, 5.41) is 37.6. The highest BCUT2D eigenvalue weighted by Gasteiger charge is 2.36. The van der Waals surface area contributed by atoms with Gasteiger partial charge in [0.05, 0.1) is 24.2 Å². The molecule has 12 nitrogen and oxygen atoms in total. The minimum absolute atomic E-state index is 0.0338. The molecule has 0 spiro atoms. The second kappa shape index (κ2) is 14.2. The molecule has 0 unspecified atom stereocenters. The van der Waals surface area contributed by atoms with Crippen LogP contribution in [0.3, 0.4) is 0 Å². The second-order valence-electron chi connectivity index (χ2n) is 10.3. The molecule has 1 fully saturated rings. The van der Waals surface area contributed by atoms with Gasteiger partial charge in [-0.05, 0) is 50.1 Å². The number of hydrogen-bond donors (Lipinski definition) is 5. The van der Waals surface area contributed by atoms with E-state index in [1.54, 1.807) is 45.2 Å². The normalized spacial score (nSPS) is 16.4. The fourth-order valence-corrected chi connectivity index (χ4v) is 5.51. The fourth-order valence-electron chi connectivity index (χ4n) is 5.51. The van der Waals surface area contributed by atoms with E-state index in [4.69, 9.17) is 4.74 Å². The van der Waals surface area contributed by atoms with Crippen molar-refractivity contribution in [2.45, 2.75) is 26.2 Å². The molecule has 5 N–H and O–H groups in total. The summed E-state index contributed by atoms with van der Waals surface area (Å²) in [6, 6.07) is 14.9. The van der Waals surface area contributed by atoms with Crippen molar-refractivity contribution < 1.29 is 24.5 Å². The van der Waals surface area contributed by atoms with Crippen molar-refractivity contribution in [1.82, 2.24) is 15.5 Å². The zero-order valence-electron chi connectivity index (χ0n) is 24.6. The second-order valence-corrected chi connectivity index (χ2v) is 10.3. The smallest absolute Gasteiger partial charge is 0.334 e. The number of piperazine rings is 1. The molecular formula is C31H37N7O5. The van der Waals surface area contributed by atoms with E-state index in [0.29, 0.717) is 29.2 Å². The monoisotopic (exact) mass is 587 g/mol. The van der Waals surface area contributed by atoms with E-state index >= 15 is 0 Å². The Morgan fingerprint density at radius 2 is 1.72 bits per heavy atom. The van der Waals surface area contributed by atoms with Gasteiger partial charge in [0.2, 0.25) is 5.96 Å². The number of allylic oxidation sites excluding steroid dienone is 2. The summed E-state index contributed by atoms with van der Waals surface area (Å²) in [5.74, 6) is -2.28. The molecule has 0 amide bonds. The number of nitrogens with zero attached hydrogens (tertiary/aromatic N) is 4. The number of aliphatic imine (C=N–C) groups is 1. The van der Waals surface area contributed by atoms with Crippen molar-refractivity contribution in [3.05, 3.63) is 76.6 Å². The van der Waals surface area contributed by atoms with E-state index in [9.17, 15) is 25.1 Å². The number of ether oxygens (including phenoxy) is 1. The molecule has 226 valence electrons. The van der Waals surface area contributed by atoms with Crippen molar-refractivity contribution in [1.29, 1.82) is 5.26 Å². The summed E-state index contributed by atoms with van der Waals surface area (Å²) < 4.78 is 5.34. The molecule has 12 heteroatoms. The van der Waals surface area contributed by atoms with Crippen LogP contribution in [0.2, 0.25) is 0 Å². The van der Waals surface area contributed by atoms with Crippen molar-refractivity contribution in [3.8, 4) is 11.9 Å². The summed E-state index contributed by atoms with van der Waals surface area (Å²) in [6.07, 6.45) is 2.69. The number of carbonyl (C=O) groups is 2. The molecule has 43 heavy (non-hydrogen) atoms. The van der Waals surface area contributed by atoms with Crippen LogP contribution in [-0.4, -0.2) is 79.4 Å². The number of hydrogen-bond acceptors (Lipinski definition) is 8. The van der Waals surface area contributed by atoms with Crippen molar-refractivity contribution in [3.63, 3.8) is 0 Å². The van der Waals surface area contributed by atoms with Crippen LogP contribution in [0.1, 0.15) is 31.7 Å². The number of nitrogens with one attached hydrogen (secondary N) is 3. The minimum atomic E-state index is -1.20. The Bertz CT molecular complexity index is 1450. The van der Waals surface area contributed by atoms with Crippen molar-refractivity contribution in [2.75, 3.05) is 56.6 Å².